The van der Waals surface area contributed by atoms with Crippen molar-refractivity contribution < 1.29 is 14.7 Å². The Balaban J connectivity index is 2.45. The van der Waals surface area contributed by atoms with Crippen molar-refractivity contribution in [1.82, 2.24) is 9.88 Å². The minimum Gasteiger partial charge on any atom is -0.394 e. The van der Waals surface area contributed by atoms with E-state index in [-0.39, 0.29) is 36.2 Å². The molecule has 0 bridgehead atoms. The SMILES string of the molecule is Cc1c(CC(=O)N[C@H](C)CO)c2c(n1CC(C)C)CC(C)(C)CC2=O. The van der Waals surface area contributed by atoms with Crippen LogP contribution in [-0.2, 0) is 24.2 Å². The van der Waals surface area contributed by atoms with E-state index < -0.39 is 0 Å². The van der Waals surface area contributed by atoms with E-state index in [0.717, 1.165) is 35.5 Å². The molecule has 2 rings (SSSR count). The molecule has 1 aromatic rings. The van der Waals surface area contributed by atoms with Crippen molar-refractivity contribution in [1.29, 1.82) is 0 Å². The molecule has 0 unspecified atom stereocenters. The lowest BCUT2D eigenvalue weighted by atomic mass is 9.75. The number of carbonyl (C=O) groups excluding carboxylic acids is 2. The lowest BCUT2D eigenvalue weighted by molar-refractivity contribution is -0.121. The van der Waals surface area contributed by atoms with Crippen molar-refractivity contribution in [2.75, 3.05) is 6.61 Å². The van der Waals surface area contributed by atoms with Crippen molar-refractivity contribution in [3.8, 4) is 0 Å². The second-order valence-corrected chi connectivity index (χ2v) is 8.66. The van der Waals surface area contributed by atoms with Crippen LogP contribution >= 0.6 is 0 Å². The summed E-state index contributed by atoms with van der Waals surface area (Å²) in [5.74, 6) is 0.466. The summed E-state index contributed by atoms with van der Waals surface area (Å²) in [4.78, 5) is 25.2. The number of hydrogen-bond donors (Lipinski definition) is 2. The molecule has 1 aliphatic rings. The van der Waals surface area contributed by atoms with Crippen molar-refractivity contribution in [3.63, 3.8) is 0 Å². The molecule has 1 aliphatic carbocycles. The minimum atomic E-state index is -0.281. The summed E-state index contributed by atoms with van der Waals surface area (Å²) in [5, 5.41) is 11.9. The van der Waals surface area contributed by atoms with E-state index in [1.807, 2.05) is 6.92 Å². The van der Waals surface area contributed by atoms with Gasteiger partial charge in [0, 0.05) is 36.0 Å². The number of hydrogen-bond acceptors (Lipinski definition) is 3. The summed E-state index contributed by atoms with van der Waals surface area (Å²) in [5.41, 5.74) is 3.69. The molecule has 1 atom stereocenters. The van der Waals surface area contributed by atoms with Crippen molar-refractivity contribution in [2.24, 2.45) is 11.3 Å². The number of aliphatic hydroxyl groups excluding tert-OH is 1. The topological polar surface area (TPSA) is 71.3 Å². The Morgan fingerprint density at radius 3 is 2.48 bits per heavy atom. The molecule has 1 heterocycles. The van der Waals surface area contributed by atoms with Crippen LogP contribution in [0.4, 0.5) is 0 Å². The number of nitrogens with one attached hydrogen (secondary N) is 1. The third-order valence-corrected chi connectivity index (χ3v) is 4.89. The van der Waals surface area contributed by atoms with Gasteiger partial charge in [-0.05, 0) is 37.2 Å². The van der Waals surface area contributed by atoms with Gasteiger partial charge in [-0.2, -0.15) is 0 Å². The van der Waals surface area contributed by atoms with Crippen LogP contribution in [-0.4, -0.2) is 34.0 Å². The highest BCUT2D eigenvalue weighted by atomic mass is 16.3. The summed E-state index contributed by atoms with van der Waals surface area (Å²) in [6, 6.07) is -0.281. The maximum Gasteiger partial charge on any atom is 0.224 e. The van der Waals surface area contributed by atoms with Crippen LogP contribution in [0.2, 0.25) is 0 Å². The summed E-state index contributed by atoms with van der Waals surface area (Å²) >= 11 is 0. The molecule has 0 fully saturated rings. The van der Waals surface area contributed by atoms with Gasteiger partial charge >= 0.3 is 0 Å². The van der Waals surface area contributed by atoms with Gasteiger partial charge in [-0.15, -0.1) is 0 Å². The first kappa shape index (κ1) is 19.7. The van der Waals surface area contributed by atoms with Crippen LogP contribution in [0.5, 0.6) is 0 Å². The molecule has 5 nitrogen and oxygen atoms in total. The van der Waals surface area contributed by atoms with Gasteiger partial charge in [0.05, 0.1) is 13.0 Å². The molecule has 0 aromatic carbocycles. The standard InChI is InChI=1S/C20H32N2O3/c1-12(2)10-22-14(4)15(7-18(25)21-13(3)11-23)19-16(22)8-20(5,6)9-17(19)24/h12-13,23H,7-11H2,1-6H3,(H,21,25)/t13-/m1/s1. The highest BCUT2D eigenvalue weighted by Gasteiger charge is 2.37. The van der Waals surface area contributed by atoms with Crippen LogP contribution in [0.25, 0.3) is 0 Å². The van der Waals surface area contributed by atoms with E-state index in [1.54, 1.807) is 6.92 Å². The molecule has 0 spiro atoms. The molecule has 2 N–H and O–H groups in total. The van der Waals surface area contributed by atoms with Crippen LogP contribution in [0.3, 0.4) is 0 Å². The second kappa shape index (κ2) is 7.32. The molecule has 1 aromatic heterocycles. The fraction of sp³-hybridized carbons (Fsp3) is 0.700. The Hall–Kier alpha value is -1.62. The predicted octanol–water partition coefficient (Wildman–Crippen LogP) is 2.65. The maximum absolute atomic E-state index is 12.8. The Morgan fingerprint density at radius 2 is 1.92 bits per heavy atom. The number of ketones is 1. The minimum absolute atomic E-state index is 0.0471. The normalized spacial score (nSPS) is 17.5. The van der Waals surface area contributed by atoms with Gasteiger partial charge in [0.1, 0.15) is 0 Å². The quantitative estimate of drug-likeness (QED) is 0.830. The Kier molecular flexibility index (Phi) is 5.77. The first-order valence-corrected chi connectivity index (χ1v) is 9.20. The van der Waals surface area contributed by atoms with Gasteiger partial charge in [0.15, 0.2) is 5.78 Å². The van der Waals surface area contributed by atoms with Crippen molar-refractivity contribution in [3.05, 3.63) is 22.5 Å². The molecule has 0 radical (unpaired) electrons. The van der Waals surface area contributed by atoms with Crippen LogP contribution in [0.15, 0.2) is 0 Å². The zero-order valence-corrected chi connectivity index (χ0v) is 16.4. The zero-order chi connectivity index (χ0) is 18.9. The number of fused-ring (bicyclic) bond motifs is 1. The summed E-state index contributed by atoms with van der Waals surface area (Å²) in [7, 11) is 0. The van der Waals surface area contributed by atoms with Crippen molar-refractivity contribution >= 4 is 11.7 Å². The number of aliphatic hydroxyl groups is 1. The first-order valence-electron chi connectivity index (χ1n) is 9.20. The third kappa shape index (κ3) is 4.32. The molecule has 0 aliphatic heterocycles. The smallest absolute Gasteiger partial charge is 0.224 e. The zero-order valence-electron chi connectivity index (χ0n) is 16.4. The fourth-order valence-electron chi connectivity index (χ4n) is 3.77. The van der Waals surface area contributed by atoms with E-state index in [4.69, 9.17) is 5.11 Å². The van der Waals surface area contributed by atoms with E-state index in [0.29, 0.717) is 12.3 Å². The number of rotatable bonds is 6. The van der Waals surface area contributed by atoms with Crippen LogP contribution in [0, 0.1) is 18.3 Å². The lowest BCUT2D eigenvalue weighted by Crippen LogP contribution is -2.36. The molecule has 1 amide bonds. The van der Waals surface area contributed by atoms with Gasteiger partial charge in [-0.1, -0.05) is 27.7 Å². The Labute approximate surface area is 150 Å². The van der Waals surface area contributed by atoms with Gasteiger partial charge in [-0.3, -0.25) is 9.59 Å². The van der Waals surface area contributed by atoms with Gasteiger partial charge in [0.2, 0.25) is 5.91 Å². The highest BCUT2D eigenvalue weighted by molar-refractivity contribution is 6.01. The van der Waals surface area contributed by atoms with Crippen LogP contribution in [0.1, 0.15) is 68.3 Å². The van der Waals surface area contributed by atoms with E-state index >= 15 is 0 Å². The first-order chi connectivity index (χ1) is 11.6. The Morgan fingerprint density at radius 1 is 1.28 bits per heavy atom. The van der Waals surface area contributed by atoms with Gasteiger partial charge in [-0.25, -0.2) is 0 Å². The highest BCUT2D eigenvalue weighted by Crippen LogP contribution is 2.39. The largest absolute Gasteiger partial charge is 0.394 e. The third-order valence-electron chi connectivity index (χ3n) is 4.89. The van der Waals surface area contributed by atoms with Gasteiger partial charge in [0.25, 0.3) is 0 Å². The lowest BCUT2D eigenvalue weighted by Gasteiger charge is -2.30. The molecule has 0 saturated carbocycles. The van der Waals surface area contributed by atoms with E-state index in [9.17, 15) is 9.59 Å². The molecule has 25 heavy (non-hydrogen) atoms. The van der Waals surface area contributed by atoms with Gasteiger partial charge < -0.3 is 15.0 Å². The fourth-order valence-corrected chi connectivity index (χ4v) is 3.77. The monoisotopic (exact) mass is 348 g/mol. The van der Waals surface area contributed by atoms with E-state index in [1.165, 1.54) is 0 Å². The summed E-state index contributed by atoms with van der Waals surface area (Å²) < 4.78 is 2.25. The Bertz CT molecular complexity index is 671. The number of amides is 1. The summed E-state index contributed by atoms with van der Waals surface area (Å²) in [6.07, 6.45) is 1.57. The number of carbonyl (C=O) groups is 2. The summed E-state index contributed by atoms with van der Waals surface area (Å²) in [6.45, 7) is 13.1. The number of nitrogens with zero attached hydrogens (tertiary/aromatic N) is 1. The van der Waals surface area contributed by atoms with Crippen molar-refractivity contribution in [2.45, 2.75) is 73.4 Å². The molecular weight excluding hydrogens is 316 g/mol. The van der Waals surface area contributed by atoms with E-state index in [2.05, 4.69) is 37.6 Å². The molecule has 0 saturated heterocycles. The average molecular weight is 348 g/mol. The number of Topliss-reactive ketones (excluding diaryl/α,β-unsaturated/α-hetero) is 1. The molecular formula is C20H32N2O3. The second-order valence-electron chi connectivity index (χ2n) is 8.66. The predicted molar refractivity (Wildman–Crippen MR) is 98.8 cm³/mol. The number of aromatic nitrogens is 1. The maximum atomic E-state index is 12.8. The average Bonchev–Trinajstić information content (AvgIpc) is 2.71. The van der Waals surface area contributed by atoms with Crippen LogP contribution < -0.4 is 5.32 Å². The molecule has 5 heteroatoms. The molecule has 140 valence electrons.